The Hall–Kier alpha value is -1.77. The van der Waals surface area contributed by atoms with E-state index in [1.807, 2.05) is 32.0 Å². The average molecular weight is 245 g/mol. The van der Waals surface area contributed by atoms with Crippen LogP contribution in [0.3, 0.4) is 0 Å². The number of benzene rings is 1. The van der Waals surface area contributed by atoms with Crippen molar-refractivity contribution < 1.29 is 4.74 Å². The van der Waals surface area contributed by atoms with E-state index in [2.05, 4.69) is 11.9 Å². The van der Waals surface area contributed by atoms with Gasteiger partial charge in [-0.2, -0.15) is 0 Å². The highest BCUT2D eigenvalue weighted by atomic mass is 16.5. The van der Waals surface area contributed by atoms with E-state index in [-0.39, 0.29) is 5.43 Å². The smallest absolute Gasteiger partial charge is 0.192 e. The van der Waals surface area contributed by atoms with E-state index in [4.69, 9.17) is 4.74 Å². The first kappa shape index (κ1) is 12.7. The lowest BCUT2D eigenvalue weighted by Crippen LogP contribution is -2.12. The number of pyridine rings is 1. The lowest BCUT2D eigenvalue weighted by molar-refractivity contribution is 0.320. The van der Waals surface area contributed by atoms with Gasteiger partial charge in [-0.15, -0.1) is 0 Å². The number of nitrogens with one attached hydrogen (secondary N) is 1. The fourth-order valence-electron chi connectivity index (χ4n) is 2.12. The van der Waals surface area contributed by atoms with Crippen molar-refractivity contribution in [2.75, 3.05) is 6.61 Å². The average Bonchev–Trinajstić information content (AvgIpc) is 2.40. The molecule has 0 bridgehead atoms. The zero-order valence-corrected chi connectivity index (χ0v) is 11.2. The molecule has 0 fully saturated rings. The topological polar surface area (TPSA) is 42.1 Å². The molecule has 3 heteroatoms. The van der Waals surface area contributed by atoms with Crippen LogP contribution in [0.1, 0.15) is 31.5 Å². The maximum atomic E-state index is 12.3. The van der Waals surface area contributed by atoms with Crippen molar-refractivity contribution in [1.29, 1.82) is 0 Å². The van der Waals surface area contributed by atoms with E-state index in [0.29, 0.717) is 12.0 Å². The quantitative estimate of drug-likeness (QED) is 0.898. The van der Waals surface area contributed by atoms with Crippen LogP contribution in [0.4, 0.5) is 0 Å². The Kier molecular flexibility index (Phi) is 3.70. The van der Waals surface area contributed by atoms with Gasteiger partial charge in [-0.3, -0.25) is 4.79 Å². The molecule has 96 valence electrons. The van der Waals surface area contributed by atoms with Crippen LogP contribution >= 0.6 is 0 Å². The van der Waals surface area contributed by atoms with Crippen LogP contribution in [-0.2, 0) is 6.42 Å². The summed E-state index contributed by atoms with van der Waals surface area (Å²) < 4.78 is 5.69. The number of hydrogen-bond acceptors (Lipinski definition) is 2. The highest BCUT2D eigenvalue weighted by molar-refractivity contribution is 5.85. The molecule has 1 N–H and O–H groups in total. The fraction of sp³-hybridized carbons (Fsp3) is 0.400. The van der Waals surface area contributed by atoms with Crippen molar-refractivity contribution in [3.8, 4) is 5.75 Å². The minimum absolute atomic E-state index is 0.0996. The summed E-state index contributed by atoms with van der Waals surface area (Å²) in [4.78, 5) is 15.6. The van der Waals surface area contributed by atoms with Crippen molar-refractivity contribution in [2.24, 2.45) is 0 Å². The first-order chi connectivity index (χ1) is 8.69. The van der Waals surface area contributed by atoms with Gasteiger partial charge in [-0.05, 0) is 31.9 Å². The van der Waals surface area contributed by atoms with Gasteiger partial charge in [0.1, 0.15) is 5.75 Å². The first-order valence-electron chi connectivity index (χ1n) is 6.46. The van der Waals surface area contributed by atoms with Gasteiger partial charge in [0.25, 0.3) is 0 Å². The Morgan fingerprint density at radius 1 is 1.28 bits per heavy atom. The van der Waals surface area contributed by atoms with Crippen molar-refractivity contribution in [3.63, 3.8) is 0 Å². The van der Waals surface area contributed by atoms with Gasteiger partial charge < -0.3 is 9.72 Å². The Bertz CT molecular complexity index is 614. The van der Waals surface area contributed by atoms with E-state index < -0.39 is 0 Å². The summed E-state index contributed by atoms with van der Waals surface area (Å²) in [6.45, 7) is 6.64. The van der Waals surface area contributed by atoms with Crippen LogP contribution in [0, 0.1) is 6.92 Å². The molecule has 1 heterocycles. The zero-order valence-electron chi connectivity index (χ0n) is 11.2. The minimum atomic E-state index is 0.0996. The van der Waals surface area contributed by atoms with E-state index in [1.165, 1.54) is 0 Å². The molecule has 0 aliphatic carbocycles. The summed E-state index contributed by atoms with van der Waals surface area (Å²) in [5, 5.41) is 0.707. The zero-order chi connectivity index (χ0) is 13.1. The van der Waals surface area contributed by atoms with Crippen LogP contribution in [-0.4, -0.2) is 11.6 Å². The van der Waals surface area contributed by atoms with E-state index in [9.17, 15) is 4.79 Å². The van der Waals surface area contributed by atoms with Gasteiger partial charge in [0, 0.05) is 16.6 Å². The summed E-state index contributed by atoms with van der Waals surface area (Å²) >= 11 is 0. The molecule has 2 rings (SSSR count). The normalized spacial score (nSPS) is 10.8. The summed E-state index contributed by atoms with van der Waals surface area (Å²) in [6, 6.07) is 5.62. The van der Waals surface area contributed by atoms with Gasteiger partial charge in [-0.25, -0.2) is 0 Å². The molecule has 0 unspecified atom stereocenters. The molecular weight excluding hydrogens is 226 g/mol. The Balaban J connectivity index is 2.68. The molecular formula is C15H19NO2. The number of para-hydroxylation sites is 1. The van der Waals surface area contributed by atoms with E-state index in [0.717, 1.165) is 35.4 Å². The molecule has 0 aliphatic rings. The van der Waals surface area contributed by atoms with Gasteiger partial charge in [0.15, 0.2) is 5.43 Å². The molecule has 0 saturated heterocycles. The number of H-pyrrole nitrogens is 1. The Labute approximate surface area is 107 Å². The Morgan fingerprint density at radius 3 is 2.72 bits per heavy atom. The SMILES string of the molecule is CCCOc1cccc2c(=O)c(C)c(CC)[nH]c12. The highest BCUT2D eigenvalue weighted by Gasteiger charge is 2.10. The minimum Gasteiger partial charge on any atom is -0.491 e. The lowest BCUT2D eigenvalue weighted by Gasteiger charge is -2.11. The Morgan fingerprint density at radius 2 is 2.06 bits per heavy atom. The van der Waals surface area contributed by atoms with Gasteiger partial charge in [0.05, 0.1) is 12.1 Å². The standard InChI is InChI=1S/C15H19NO2/c1-4-9-18-13-8-6-7-11-14(13)16-12(5-2)10(3)15(11)17/h6-8H,4-5,9H2,1-3H3,(H,16,17). The molecule has 0 radical (unpaired) electrons. The van der Waals surface area contributed by atoms with Crippen LogP contribution in [0.5, 0.6) is 5.75 Å². The third-order valence-electron chi connectivity index (χ3n) is 3.16. The highest BCUT2D eigenvalue weighted by Crippen LogP contribution is 2.23. The fourth-order valence-corrected chi connectivity index (χ4v) is 2.12. The predicted molar refractivity (Wildman–Crippen MR) is 74.5 cm³/mol. The third-order valence-corrected chi connectivity index (χ3v) is 3.16. The molecule has 0 aliphatic heterocycles. The summed E-state index contributed by atoms with van der Waals surface area (Å²) in [6.07, 6.45) is 1.77. The number of aromatic nitrogens is 1. The van der Waals surface area contributed by atoms with Crippen LogP contribution in [0.2, 0.25) is 0 Å². The molecule has 1 aromatic heterocycles. The van der Waals surface area contributed by atoms with Gasteiger partial charge in [0.2, 0.25) is 0 Å². The lowest BCUT2D eigenvalue weighted by atomic mass is 10.1. The van der Waals surface area contributed by atoms with Crippen molar-refractivity contribution in [1.82, 2.24) is 4.98 Å². The second-order valence-electron chi connectivity index (χ2n) is 4.44. The van der Waals surface area contributed by atoms with Crippen molar-refractivity contribution in [3.05, 3.63) is 39.7 Å². The molecule has 0 atom stereocenters. The largest absolute Gasteiger partial charge is 0.491 e. The van der Waals surface area contributed by atoms with Crippen LogP contribution < -0.4 is 10.2 Å². The monoisotopic (exact) mass is 245 g/mol. The number of ether oxygens (including phenoxy) is 1. The molecule has 0 saturated carbocycles. The number of aromatic amines is 1. The van der Waals surface area contributed by atoms with Crippen LogP contribution in [0.15, 0.2) is 23.0 Å². The number of rotatable bonds is 4. The maximum absolute atomic E-state index is 12.3. The van der Waals surface area contributed by atoms with E-state index >= 15 is 0 Å². The summed E-state index contributed by atoms with van der Waals surface area (Å²) in [5.41, 5.74) is 2.71. The molecule has 0 spiro atoms. The third kappa shape index (κ3) is 2.13. The van der Waals surface area contributed by atoms with Gasteiger partial charge in [-0.1, -0.05) is 19.9 Å². The number of hydrogen-bond donors (Lipinski definition) is 1. The summed E-state index contributed by atoms with van der Waals surface area (Å²) in [5.74, 6) is 0.765. The number of aryl methyl sites for hydroxylation is 1. The van der Waals surface area contributed by atoms with Crippen LogP contribution in [0.25, 0.3) is 10.9 Å². The molecule has 1 aromatic carbocycles. The summed E-state index contributed by atoms with van der Waals surface area (Å²) in [7, 11) is 0. The molecule has 2 aromatic rings. The maximum Gasteiger partial charge on any atom is 0.192 e. The molecule has 18 heavy (non-hydrogen) atoms. The predicted octanol–water partition coefficient (Wildman–Crippen LogP) is 3.19. The van der Waals surface area contributed by atoms with E-state index in [1.54, 1.807) is 0 Å². The second kappa shape index (κ2) is 5.25. The molecule has 3 nitrogen and oxygen atoms in total. The second-order valence-corrected chi connectivity index (χ2v) is 4.44. The first-order valence-corrected chi connectivity index (χ1v) is 6.46. The number of fused-ring (bicyclic) bond motifs is 1. The van der Waals surface area contributed by atoms with Crippen molar-refractivity contribution >= 4 is 10.9 Å². The van der Waals surface area contributed by atoms with Crippen molar-refractivity contribution in [2.45, 2.75) is 33.6 Å². The van der Waals surface area contributed by atoms with Gasteiger partial charge >= 0.3 is 0 Å². The molecule has 0 amide bonds.